The molecule has 3 aromatic rings. The van der Waals surface area contributed by atoms with Gasteiger partial charge in [0, 0.05) is 11.5 Å². The molecule has 1 amide bonds. The van der Waals surface area contributed by atoms with Gasteiger partial charge in [0.15, 0.2) is 0 Å². The number of ether oxygens (including phenoxy) is 1. The molecule has 0 atom stereocenters. The second-order valence-corrected chi connectivity index (χ2v) is 7.75. The lowest BCUT2D eigenvalue weighted by Gasteiger charge is -2.05. The third-order valence-electron chi connectivity index (χ3n) is 3.68. The zero-order chi connectivity index (χ0) is 21.3. The van der Waals surface area contributed by atoms with Crippen LogP contribution in [0, 0.1) is 11.3 Å². The first kappa shape index (κ1) is 21.2. The molecule has 0 radical (unpaired) electrons. The molecule has 0 spiro atoms. The minimum Gasteiger partial charge on any atom is -0.423 e. The molecule has 0 fully saturated rings. The Hall–Kier alpha value is -3.48. The Labute approximate surface area is 181 Å². The van der Waals surface area contributed by atoms with Crippen LogP contribution in [-0.2, 0) is 4.79 Å². The summed E-state index contributed by atoms with van der Waals surface area (Å²) in [4.78, 5) is 28.6. The van der Waals surface area contributed by atoms with E-state index in [0.717, 1.165) is 17.3 Å². The fourth-order valence-corrected chi connectivity index (χ4v) is 3.57. The molecule has 2 aromatic carbocycles. The number of carbonyl (C=O) groups is 2. The first-order valence-electron chi connectivity index (χ1n) is 8.86. The largest absolute Gasteiger partial charge is 0.423 e. The van der Waals surface area contributed by atoms with Crippen LogP contribution in [0.15, 0.2) is 65.3 Å². The van der Waals surface area contributed by atoms with Gasteiger partial charge >= 0.3 is 5.97 Å². The van der Waals surface area contributed by atoms with Crippen molar-refractivity contribution in [2.24, 2.45) is 0 Å². The van der Waals surface area contributed by atoms with Gasteiger partial charge in [-0.2, -0.15) is 14.6 Å². The summed E-state index contributed by atoms with van der Waals surface area (Å²) in [6.07, 6.45) is 1.45. The molecule has 0 saturated carbocycles. The molecular formula is C21H16N4O3S2. The lowest BCUT2D eigenvalue weighted by Crippen LogP contribution is -2.13. The van der Waals surface area contributed by atoms with Crippen molar-refractivity contribution < 1.29 is 14.3 Å². The minimum atomic E-state index is -0.568. The van der Waals surface area contributed by atoms with Gasteiger partial charge in [-0.15, -0.1) is 0 Å². The Morgan fingerprint density at radius 2 is 1.93 bits per heavy atom. The Morgan fingerprint density at radius 1 is 1.20 bits per heavy atom. The maximum atomic E-state index is 12.3. The second kappa shape index (κ2) is 10.3. The number of hydrogen-bond donors (Lipinski definition) is 1. The van der Waals surface area contributed by atoms with Crippen molar-refractivity contribution in [2.75, 3.05) is 11.1 Å². The van der Waals surface area contributed by atoms with E-state index in [1.54, 1.807) is 48.5 Å². The Bertz CT molecular complexity index is 1100. The molecule has 30 heavy (non-hydrogen) atoms. The second-order valence-electron chi connectivity index (χ2n) is 5.76. The fourth-order valence-electron chi connectivity index (χ4n) is 2.30. The van der Waals surface area contributed by atoms with E-state index >= 15 is 0 Å². The molecule has 7 nitrogen and oxygen atoms in total. The number of rotatable bonds is 7. The summed E-state index contributed by atoms with van der Waals surface area (Å²) in [6, 6.07) is 17.0. The quantitative estimate of drug-likeness (QED) is 0.192. The van der Waals surface area contributed by atoms with Crippen LogP contribution in [0.3, 0.4) is 0 Å². The summed E-state index contributed by atoms with van der Waals surface area (Å²) in [7, 11) is 0. The van der Waals surface area contributed by atoms with E-state index in [2.05, 4.69) is 14.7 Å². The predicted octanol–water partition coefficient (Wildman–Crippen LogP) is 4.41. The van der Waals surface area contributed by atoms with Gasteiger partial charge in [0.05, 0.1) is 5.56 Å². The third kappa shape index (κ3) is 5.76. The number of amides is 1. The summed E-state index contributed by atoms with van der Waals surface area (Å²) in [6.45, 7) is 1.98. The number of esters is 1. The molecule has 0 bridgehead atoms. The van der Waals surface area contributed by atoms with Crippen molar-refractivity contribution >= 4 is 46.4 Å². The Morgan fingerprint density at radius 3 is 2.60 bits per heavy atom. The van der Waals surface area contributed by atoms with Crippen molar-refractivity contribution in [3.8, 4) is 11.8 Å². The van der Waals surface area contributed by atoms with E-state index in [4.69, 9.17) is 4.74 Å². The van der Waals surface area contributed by atoms with Crippen LogP contribution in [-0.4, -0.2) is 27.0 Å². The van der Waals surface area contributed by atoms with Crippen LogP contribution in [0.25, 0.3) is 6.08 Å². The molecule has 3 rings (SSSR count). The molecule has 0 unspecified atom stereocenters. The van der Waals surface area contributed by atoms with E-state index in [-0.39, 0.29) is 5.57 Å². The van der Waals surface area contributed by atoms with Gasteiger partial charge in [0.1, 0.15) is 17.4 Å². The van der Waals surface area contributed by atoms with Gasteiger partial charge in [-0.3, -0.25) is 10.1 Å². The standard InChI is InChI=1S/C21H16N4O3S2/c1-2-29-21-24-20(30-25-21)23-18(26)16(13-22)12-14-8-10-17(11-9-14)28-19(27)15-6-4-3-5-7-15/h3-12H,2H2,1H3,(H,23,24,25,26)/b16-12-. The molecule has 0 aliphatic carbocycles. The highest BCUT2D eigenvalue weighted by atomic mass is 32.2. The van der Waals surface area contributed by atoms with Crippen LogP contribution < -0.4 is 10.1 Å². The third-order valence-corrected chi connectivity index (χ3v) is 5.15. The summed E-state index contributed by atoms with van der Waals surface area (Å²) >= 11 is 2.52. The van der Waals surface area contributed by atoms with Crippen LogP contribution in [0.4, 0.5) is 5.13 Å². The van der Waals surface area contributed by atoms with E-state index < -0.39 is 11.9 Å². The molecule has 150 valence electrons. The number of hydrogen-bond acceptors (Lipinski definition) is 8. The SMILES string of the molecule is CCSc1nsc(NC(=O)/C(C#N)=C\c2ccc(OC(=O)c3ccccc3)cc2)n1. The van der Waals surface area contributed by atoms with Gasteiger partial charge in [0.25, 0.3) is 5.91 Å². The van der Waals surface area contributed by atoms with Crippen molar-refractivity contribution in [2.45, 2.75) is 12.1 Å². The summed E-state index contributed by atoms with van der Waals surface area (Å²) in [5, 5.41) is 12.8. The summed E-state index contributed by atoms with van der Waals surface area (Å²) in [5.41, 5.74) is 0.978. The maximum absolute atomic E-state index is 12.3. The molecular weight excluding hydrogens is 420 g/mol. The van der Waals surface area contributed by atoms with E-state index in [1.165, 1.54) is 17.8 Å². The lowest BCUT2D eigenvalue weighted by atomic mass is 10.1. The van der Waals surface area contributed by atoms with Gasteiger partial charge in [-0.25, -0.2) is 4.79 Å². The zero-order valence-corrected chi connectivity index (χ0v) is 17.5. The highest BCUT2D eigenvalue weighted by Gasteiger charge is 2.13. The number of anilines is 1. The topological polar surface area (TPSA) is 105 Å². The molecule has 0 aliphatic rings. The van der Waals surface area contributed by atoms with E-state index in [1.807, 2.05) is 19.1 Å². The number of nitrogens with one attached hydrogen (secondary N) is 1. The number of carbonyl (C=O) groups excluding carboxylic acids is 2. The maximum Gasteiger partial charge on any atom is 0.343 e. The predicted molar refractivity (Wildman–Crippen MR) is 116 cm³/mol. The highest BCUT2D eigenvalue weighted by Crippen LogP contribution is 2.21. The number of thioether (sulfide) groups is 1. The molecule has 0 saturated heterocycles. The molecule has 1 heterocycles. The highest BCUT2D eigenvalue weighted by molar-refractivity contribution is 7.99. The minimum absolute atomic E-state index is 0.0797. The van der Waals surface area contributed by atoms with Crippen LogP contribution in [0.1, 0.15) is 22.8 Å². The van der Waals surface area contributed by atoms with Crippen molar-refractivity contribution in [3.05, 3.63) is 71.3 Å². The number of nitrogens with zero attached hydrogens (tertiary/aromatic N) is 3. The van der Waals surface area contributed by atoms with Gasteiger partial charge in [-0.1, -0.05) is 49.0 Å². The first-order chi connectivity index (χ1) is 14.6. The lowest BCUT2D eigenvalue weighted by molar-refractivity contribution is -0.112. The smallest absolute Gasteiger partial charge is 0.343 e. The normalized spacial score (nSPS) is 10.9. The van der Waals surface area contributed by atoms with Crippen LogP contribution >= 0.6 is 23.3 Å². The number of aromatic nitrogens is 2. The van der Waals surface area contributed by atoms with E-state index in [0.29, 0.717) is 27.2 Å². The fraction of sp³-hybridized carbons (Fsp3) is 0.0952. The van der Waals surface area contributed by atoms with Crippen molar-refractivity contribution in [1.29, 1.82) is 5.26 Å². The van der Waals surface area contributed by atoms with Gasteiger partial charge < -0.3 is 4.74 Å². The Balaban J connectivity index is 1.65. The van der Waals surface area contributed by atoms with Crippen LogP contribution in [0.2, 0.25) is 0 Å². The average molecular weight is 437 g/mol. The summed E-state index contributed by atoms with van der Waals surface area (Å²) < 4.78 is 9.43. The zero-order valence-electron chi connectivity index (χ0n) is 15.9. The van der Waals surface area contributed by atoms with Gasteiger partial charge in [0.2, 0.25) is 10.3 Å². The number of benzene rings is 2. The molecule has 1 N–H and O–H groups in total. The molecule has 0 aliphatic heterocycles. The van der Waals surface area contributed by atoms with Crippen LogP contribution in [0.5, 0.6) is 5.75 Å². The first-order valence-corrected chi connectivity index (χ1v) is 10.6. The number of nitriles is 1. The molecule has 1 aromatic heterocycles. The van der Waals surface area contributed by atoms with E-state index in [9.17, 15) is 14.9 Å². The average Bonchev–Trinajstić information content (AvgIpc) is 3.20. The Kier molecular flexibility index (Phi) is 7.32. The molecule has 9 heteroatoms. The monoisotopic (exact) mass is 436 g/mol. The van der Waals surface area contributed by atoms with Gasteiger partial charge in [-0.05, 0) is 41.7 Å². The van der Waals surface area contributed by atoms with Crippen molar-refractivity contribution in [3.63, 3.8) is 0 Å². The summed E-state index contributed by atoms with van der Waals surface area (Å²) in [5.74, 6) is 0.151. The van der Waals surface area contributed by atoms with Crippen molar-refractivity contribution in [1.82, 2.24) is 9.36 Å².